The minimum Gasteiger partial charge on any atom is -0.368 e. The van der Waals surface area contributed by atoms with Gasteiger partial charge in [-0.1, -0.05) is 11.6 Å². The Hall–Kier alpha value is -2.38. The van der Waals surface area contributed by atoms with Crippen molar-refractivity contribution in [2.75, 3.05) is 17.7 Å². The summed E-state index contributed by atoms with van der Waals surface area (Å²) in [7, 11) is 0. The van der Waals surface area contributed by atoms with Gasteiger partial charge in [-0.2, -0.15) is 9.97 Å². The molecule has 0 saturated carbocycles. The second-order valence-electron chi connectivity index (χ2n) is 5.35. The Morgan fingerprint density at radius 1 is 1.26 bits per heavy atom. The van der Waals surface area contributed by atoms with Crippen LogP contribution in [0.2, 0.25) is 5.02 Å². The van der Waals surface area contributed by atoms with Gasteiger partial charge in [-0.15, -0.1) is 0 Å². The molecule has 1 aliphatic rings. The zero-order chi connectivity index (χ0) is 15.8. The Bertz CT molecular complexity index is 841. The van der Waals surface area contributed by atoms with E-state index in [-0.39, 0.29) is 12.2 Å². The van der Waals surface area contributed by atoms with Gasteiger partial charge in [0.15, 0.2) is 17.0 Å². The van der Waals surface area contributed by atoms with Crippen molar-refractivity contribution in [2.24, 2.45) is 0 Å². The first kappa shape index (κ1) is 14.2. The van der Waals surface area contributed by atoms with Crippen LogP contribution in [-0.2, 0) is 4.74 Å². The highest BCUT2D eigenvalue weighted by molar-refractivity contribution is 6.30. The van der Waals surface area contributed by atoms with E-state index in [0.29, 0.717) is 22.0 Å². The summed E-state index contributed by atoms with van der Waals surface area (Å²) in [5.41, 5.74) is 8.04. The van der Waals surface area contributed by atoms with Crippen molar-refractivity contribution in [2.45, 2.75) is 19.1 Å². The summed E-state index contributed by atoms with van der Waals surface area (Å²) in [6.07, 6.45) is 3.65. The standard InChI is InChI=1S/C15H15ClN6O/c16-9-3-5-10(6-4-9)19-13-12-14(21-15(17)20-13)22(8-18-12)11-2-1-7-23-11/h3-6,8,11H,1-2,7H2,(H3,17,19,20,21). The van der Waals surface area contributed by atoms with Crippen LogP contribution in [0.3, 0.4) is 0 Å². The van der Waals surface area contributed by atoms with Gasteiger partial charge in [0.25, 0.3) is 0 Å². The van der Waals surface area contributed by atoms with Crippen LogP contribution in [0.5, 0.6) is 0 Å². The molecule has 2 aromatic heterocycles. The maximum Gasteiger partial charge on any atom is 0.224 e. The number of benzene rings is 1. The molecular weight excluding hydrogens is 316 g/mol. The van der Waals surface area contributed by atoms with E-state index in [1.165, 1.54) is 0 Å². The Morgan fingerprint density at radius 2 is 2.09 bits per heavy atom. The summed E-state index contributed by atoms with van der Waals surface area (Å²) in [6, 6.07) is 7.33. The van der Waals surface area contributed by atoms with Gasteiger partial charge in [0.05, 0.1) is 6.33 Å². The third-order valence-electron chi connectivity index (χ3n) is 3.76. The highest BCUT2D eigenvalue weighted by atomic mass is 35.5. The van der Waals surface area contributed by atoms with Gasteiger partial charge >= 0.3 is 0 Å². The molecule has 3 aromatic rings. The van der Waals surface area contributed by atoms with Crippen molar-refractivity contribution in [3.8, 4) is 0 Å². The minimum absolute atomic E-state index is 0.0438. The van der Waals surface area contributed by atoms with Crippen LogP contribution in [0.25, 0.3) is 11.2 Å². The number of ether oxygens (including phenoxy) is 1. The van der Waals surface area contributed by atoms with Gasteiger partial charge in [-0.25, -0.2) is 4.98 Å². The van der Waals surface area contributed by atoms with Gasteiger partial charge < -0.3 is 15.8 Å². The highest BCUT2D eigenvalue weighted by Gasteiger charge is 2.22. The van der Waals surface area contributed by atoms with E-state index in [2.05, 4.69) is 20.3 Å². The van der Waals surface area contributed by atoms with Crippen LogP contribution in [0.1, 0.15) is 19.1 Å². The monoisotopic (exact) mass is 330 g/mol. The predicted octanol–water partition coefficient (Wildman–Crippen LogP) is 3.11. The van der Waals surface area contributed by atoms with Gasteiger partial charge in [0, 0.05) is 17.3 Å². The zero-order valence-electron chi connectivity index (χ0n) is 12.2. The summed E-state index contributed by atoms with van der Waals surface area (Å²) >= 11 is 5.91. The fraction of sp³-hybridized carbons (Fsp3) is 0.267. The molecule has 3 heterocycles. The second-order valence-corrected chi connectivity index (χ2v) is 5.79. The minimum atomic E-state index is -0.0438. The Labute approximate surface area is 137 Å². The number of hydrogen-bond acceptors (Lipinski definition) is 6. The van der Waals surface area contributed by atoms with E-state index in [4.69, 9.17) is 22.1 Å². The van der Waals surface area contributed by atoms with Crippen molar-refractivity contribution >= 4 is 40.2 Å². The van der Waals surface area contributed by atoms with E-state index in [1.54, 1.807) is 18.5 Å². The summed E-state index contributed by atoms with van der Waals surface area (Å²) in [4.78, 5) is 13.0. The Balaban J connectivity index is 1.75. The van der Waals surface area contributed by atoms with E-state index in [9.17, 15) is 0 Å². The first-order chi connectivity index (χ1) is 11.2. The molecule has 1 atom stereocenters. The number of fused-ring (bicyclic) bond motifs is 1. The van der Waals surface area contributed by atoms with Gasteiger partial charge in [0.2, 0.25) is 5.95 Å². The summed E-state index contributed by atoms with van der Waals surface area (Å²) in [6.45, 7) is 0.751. The van der Waals surface area contributed by atoms with Crippen molar-refractivity contribution < 1.29 is 4.74 Å². The molecule has 23 heavy (non-hydrogen) atoms. The largest absolute Gasteiger partial charge is 0.368 e. The summed E-state index contributed by atoms with van der Waals surface area (Å²) in [5, 5.41) is 3.88. The summed E-state index contributed by atoms with van der Waals surface area (Å²) in [5.74, 6) is 0.750. The normalized spacial score (nSPS) is 17.7. The van der Waals surface area contributed by atoms with Crippen molar-refractivity contribution in [1.82, 2.24) is 19.5 Å². The van der Waals surface area contributed by atoms with E-state index in [0.717, 1.165) is 25.1 Å². The van der Waals surface area contributed by atoms with Crippen LogP contribution >= 0.6 is 11.6 Å². The van der Waals surface area contributed by atoms with E-state index >= 15 is 0 Å². The third-order valence-corrected chi connectivity index (χ3v) is 4.01. The maximum atomic E-state index is 5.91. The van der Waals surface area contributed by atoms with Crippen molar-refractivity contribution in [3.63, 3.8) is 0 Å². The van der Waals surface area contributed by atoms with Crippen molar-refractivity contribution in [1.29, 1.82) is 0 Å². The molecule has 1 saturated heterocycles. The van der Waals surface area contributed by atoms with Crippen molar-refractivity contribution in [3.05, 3.63) is 35.6 Å². The number of nitrogens with one attached hydrogen (secondary N) is 1. The first-order valence-electron chi connectivity index (χ1n) is 7.35. The molecule has 1 unspecified atom stereocenters. The maximum absolute atomic E-state index is 5.91. The molecule has 8 heteroatoms. The molecule has 7 nitrogen and oxygen atoms in total. The molecule has 3 N–H and O–H groups in total. The molecule has 0 radical (unpaired) electrons. The number of nitrogens with zero attached hydrogens (tertiary/aromatic N) is 4. The van der Waals surface area contributed by atoms with Gasteiger partial charge in [-0.05, 0) is 37.1 Å². The van der Waals surface area contributed by atoms with Crippen LogP contribution in [0.4, 0.5) is 17.5 Å². The average Bonchev–Trinajstić information content (AvgIpc) is 3.18. The van der Waals surface area contributed by atoms with Crippen LogP contribution in [0.15, 0.2) is 30.6 Å². The molecule has 0 aliphatic carbocycles. The molecular formula is C15H15ClN6O. The Kier molecular flexibility index (Phi) is 3.51. The van der Waals surface area contributed by atoms with Crippen LogP contribution < -0.4 is 11.1 Å². The second kappa shape index (κ2) is 5.68. The quantitative estimate of drug-likeness (QED) is 0.766. The number of imidazole rings is 1. The molecule has 1 aliphatic heterocycles. The zero-order valence-corrected chi connectivity index (χ0v) is 13.0. The number of anilines is 3. The molecule has 0 amide bonds. The number of rotatable bonds is 3. The fourth-order valence-corrected chi connectivity index (χ4v) is 2.81. The number of hydrogen-bond donors (Lipinski definition) is 2. The number of aromatic nitrogens is 4. The average molecular weight is 331 g/mol. The number of halogens is 1. The third kappa shape index (κ3) is 2.69. The Morgan fingerprint density at radius 3 is 2.83 bits per heavy atom. The lowest BCUT2D eigenvalue weighted by Gasteiger charge is -2.12. The first-order valence-corrected chi connectivity index (χ1v) is 7.73. The molecule has 4 rings (SSSR count). The molecule has 1 fully saturated rings. The van der Waals surface area contributed by atoms with Gasteiger partial charge in [-0.3, -0.25) is 4.57 Å². The SMILES string of the molecule is Nc1nc(Nc2ccc(Cl)cc2)c2ncn(C3CCCO3)c2n1. The lowest BCUT2D eigenvalue weighted by atomic mass is 10.3. The van der Waals surface area contributed by atoms with Gasteiger partial charge in [0.1, 0.15) is 6.23 Å². The lowest BCUT2D eigenvalue weighted by molar-refractivity contribution is 0.0593. The lowest BCUT2D eigenvalue weighted by Crippen LogP contribution is -2.08. The fourth-order valence-electron chi connectivity index (χ4n) is 2.68. The molecule has 118 valence electrons. The predicted molar refractivity (Wildman–Crippen MR) is 88.7 cm³/mol. The summed E-state index contributed by atoms with van der Waals surface area (Å²) < 4.78 is 7.61. The molecule has 0 bridgehead atoms. The van der Waals surface area contributed by atoms with E-state index in [1.807, 2.05) is 16.7 Å². The highest BCUT2D eigenvalue weighted by Crippen LogP contribution is 2.29. The molecule has 0 spiro atoms. The topological polar surface area (TPSA) is 90.9 Å². The molecule has 1 aromatic carbocycles. The van der Waals surface area contributed by atoms with Crippen LogP contribution in [0, 0.1) is 0 Å². The number of nitrogens with two attached hydrogens (primary N) is 1. The van der Waals surface area contributed by atoms with Crippen LogP contribution in [-0.4, -0.2) is 26.1 Å². The number of nitrogen functional groups attached to an aromatic ring is 1. The van der Waals surface area contributed by atoms with E-state index < -0.39 is 0 Å². The smallest absolute Gasteiger partial charge is 0.224 e.